The zero-order valence-corrected chi connectivity index (χ0v) is 22.0. The molecule has 0 atom stereocenters. The molecule has 35 heavy (non-hydrogen) atoms. The largest absolute Gasteiger partial charge is 0.374 e. The first-order chi connectivity index (χ1) is 16.2. The third-order valence-electron chi connectivity index (χ3n) is 6.48. The van der Waals surface area contributed by atoms with Crippen molar-refractivity contribution in [2.24, 2.45) is 17.3 Å². The average molecular weight is 492 g/mol. The number of carbonyl (C=O) groups is 5. The van der Waals surface area contributed by atoms with E-state index < -0.39 is 17.4 Å². The summed E-state index contributed by atoms with van der Waals surface area (Å²) in [7, 11) is 0. The number of amides is 4. The number of ether oxygens (including phenoxy) is 1. The molecule has 2 aliphatic heterocycles. The van der Waals surface area contributed by atoms with Gasteiger partial charge in [-0.3, -0.25) is 28.9 Å². The molecule has 0 saturated carbocycles. The van der Waals surface area contributed by atoms with Gasteiger partial charge in [0, 0.05) is 62.0 Å². The van der Waals surface area contributed by atoms with Crippen LogP contribution in [-0.2, 0) is 28.7 Å². The maximum Gasteiger partial charge on any atom is 0.253 e. The van der Waals surface area contributed by atoms with Crippen LogP contribution in [0.4, 0.5) is 0 Å². The van der Waals surface area contributed by atoms with Crippen molar-refractivity contribution in [1.82, 2.24) is 15.1 Å². The van der Waals surface area contributed by atoms with Gasteiger partial charge in [-0.05, 0) is 26.7 Å². The summed E-state index contributed by atoms with van der Waals surface area (Å²) in [5.74, 6) is -0.671. The molecule has 1 fully saturated rings. The highest BCUT2D eigenvalue weighted by Crippen LogP contribution is 2.25. The van der Waals surface area contributed by atoms with Crippen LogP contribution in [-0.4, -0.2) is 77.6 Å². The van der Waals surface area contributed by atoms with Crippen LogP contribution in [0.3, 0.4) is 0 Å². The molecule has 0 spiro atoms. The summed E-state index contributed by atoms with van der Waals surface area (Å²) in [6.07, 6.45) is 4.10. The van der Waals surface area contributed by atoms with Crippen molar-refractivity contribution >= 4 is 29.4 Å². The minimum atomic E-state index is -0.674. The Kier molecular flexibility index (Phi) is 9.77. The molecule has 2 rings (SSSR count). The van der Waals surface area contributed by atoms with Gasteiger partial charge in [-0.25, -0.2) is 0 Å². The highest BCUT2D eigenvalue weighted by atomic mass is 16.5. The predicted octanol–water partition coefficient (Wildman–Crippen LogP) is 2.09. The number of rotatable bonds is 12. The molecular formula is C26H41N3O6. The topological polar surface area (TPSA) is 113 Å². The van der Waals surface area contributed by atoms with Gasteiger partial charge in [0.05, 0.1) is 18.6 Å². The average Bonchev–Trinajstić information content (AvgIpc) is 3.11. The van der Waals surface area contributed by atoms with E-state index in [1.807, 2.05) is 46.4 Å². The summed E-state index contributed by atoms with van der Waals surface area (Å²) in [5, 5.41) is 2.84. The first kappa shape index (κ1) is 28.7. The molecule has 0 aliphatic carbocycles. The second kappa shape index (κ2) is 11.9. The molecule has 0 unspecified atom stereocenters. The van der Waals surface area contributed by atoms with Crippen molar-refractivity contribution in [3.8, 4) is 0 Å². The van der Waals surface area contributed by atoms with Crippen LogP contribution >= 0.6 is 0 Å². The molecule has 4 amide bonds. The molecule has 1 saturated heterocycles. The van der Waals surface area contributed by atoms with E-state index in [9.17, 15) is 24.0 Å². The number of hydrogen-bond acceptors (Lipinski definition) is 6. The van der Waals surface area contributed by atoms with Gasteiger partial charge in [0.2, 0.25) is 11.8 Å². The summed E-state index contributed by atoms with van der Waals surface area (Å²) in [6, 6.07) is 0. The number of likely N-dealkylation sites (tertiary alicyclic amines) is 1. The van der Waals surface area contributed by atoms with E-state index in [2.05, 4.69) is 5.32 Å². The lowest BCUT2D eigenvalue weighted by Crippen LogP contribution is -2.45. The fourth-order valence-electron chi connectivity index (χ4n) is 4.14. The molecule has 0 aromatic carbocycles. The summed E-state index contributed by atoms with van der Waals surface area (Å²) < 4.78 is 6.09. The Morgan fingerprint density at radius 3 is 2.17 bits per heavy atom. The molecule has 2 heterocycles. The van der Waals surface area contributed by atoms with Crippen LogP contribution < -0.4 is 5.32 Å². The van der Waals surface area contributed by atoms with Crippen LogP contribution in [0.1, 0.15) is 67.2 Å². The Hall–Kier alpha value is -2.55. The zero-order valence-electron chi connectivity index (χ0n) is 22.0. The second-order valence-corrected chi connectivity index (χ2v) is 11.3. The van der Waals surface area contributed by atoms with E-state index in [4.69, 9.17) is 4.74 Å². The number of nitrogens with zero attached hydrogens (tertiary/aromatic N) is 2. The molecule has 0 aromatic heterocycles. The van der Waals surface area contributed by atoms with Crippen LogP contribution in [0.25, 0.3) is 0 Å². The van der Waals surface area contributed by atoms with Gasteiger partial charge in [0.1, 0.15) is 5.78 Å². The number of nitrogens with one attached hydrogen (secondary N) is 1. The van der Waals surface area contributed by atoms with Crippen molar-refractivity contribution in [2.75, 3.05) is 32.8 Å². The Morgan fingerprint density at radius 2 is 1.63 bits per heavy atom. The van der Waals surface area contributed by atoms with Gasteiger partial charge in [0.25, 0.3) is 11.8 Å². The van der Waals surface area contributed by atoms with E-state index in [1.54, 1.807) is 0 Å². The van der Waals surface area contributed by atoms with E-state index >= 15 is 0 Å². The summed E-state index contributed by atoms with van der Waals surface area (Å²) >= 11 is 0. The summed E-state index contributed by atoms with van der Waals surface area (Å²) in [6.45, 7) is 13.5. The van der Waals surface area contributed by atoms with Gasteiger partial charge in [-0.1, -0.05) is 27.7 Å². The van der Waals surface area contributed by atoms with Crippen molar-refractivity contribution in [1.29, 1.82) is 0 Å². The summed E-state index contributed by atoms with van der Waals surface area (Å²) in [5.41, 5.74) is -1.06. The Bertz CT molecular complexity index is 835. The van der Waals surface area contributed by atoms with Crippen LogP contribution in [0.15, 0.2) is 12.2 Å². The summed E-state index contributed by atoms with van der Waals surface area (Å²) in [4.78, 5) is 63.2. The van der Waals surface area contributed by atoms with Gasteiger partial charge in [-0.15, -0.1) is 0 Å². The second-order valence-electron chi connectivity index (χ2n) is 11.3. The zero-order chi connectivity index (χ0) is 26.4. The molecular weight excluding hydrogens is 450 g/mol. The fourth-order valence-corrected chi connectivity index (χ4v) is 4.14. The van der Waals surface area contributed by atoms with Crippen molar-refractivity contribution < 1.29 is 28.7 Å². The van der Waals surface area contributed by atoms with Gasteiger partial charge < -0.3 is 15.0 Å². The normalized spacial score (nSPS) is 17.5. The molecule has 1 N–H and O–H groups in total. The smallest absolute Gasteiger partial charge is 0.253 e. The fraction of sp³-hybridized carbons (Fsp3) is 0.731. The number of piperidine rings is 1. The first-order valence-electron chi connectivity index (χ1n) is 12.5. The third kappa shape index (κ3) is 8.87. The van der Waals surface area contributed by atoms with E-state index in [-0.39, 0.29) is 54.2 Å². The minimum Gasteiger partial charge on any atom is -0.374 e. The Balaban J connectivity index is 1.71. The third-order valence-corrected chi connectivity index (χ3v) is 6.48. The van der Waals surface area contributed by atoms with Crippen molar-refractivity contribution in [3.05, 3.63) is 12.2 Å². The van der Waals surface area contributed by atoms with Crippen molar-refractivity contribution in [3.63, 3.8) is 0 Å². The quantitative estimate of drug-likeness (QED) is 0.418. The minimum absolute atomic E-state index is 0.0250. The first-order valence-corrected chi connectivity index (χ1v) is 12.5. The monoisotopic (exact) mass is 491 g/mol. The number of ketones is 1. The maximum absolute atomic E-state index is 12.8. The van der Waals surface area contributed by atoms with Crippen LogP contribution in [0.2, 0.25) is 0 Å². The molecule has 0 aromatic rings. The lowest BCUT2D eigenvalue weighted by molar-refractivity contribution is -0.142. The Morgan fingerprint density at radius 1 is 1.06 bits per heavy atom. The predicted molar refractivity (Wildman–Crippen MR) is 131 cm³/mol. The number of hydrogen-bond donors (Lipinski definition) is 1. The Labute approximate surface area is 208 Å². The molecule has 0 bridgehead atoms. The van der Waals surface area contributed by atoms with E-state index in [0.29, 0.717) is 39.1 Å². The number of Topliss-reactive ketones (excluding diaryl/α,β-unsaturated/α-hetero) is 1. The molecule has 9 nitrogen and oxygen atoms in total. The highest BCUT2D eigenvalue weighted by Gasteiger charge is 2.33. The lowest BCUT2D eigenvalue weighted by Gasteiger charge is -2.36. The maximum atomic E-state index is 12.8. The molecule has 196 valence electrons. The van der Waals surface area contributed by atoms with E-state index in [0.717, 1.165) is 4.90 Å². The van der Waals surface area contributed by atoms with Crippen LogP contribution in [0.5, 0.6) is 0 Å². The standard InChI is InChI=1S/C26H41N3O6/c1-18(2)24(34)19-9-12-28(13-10-19)23(33)15-26(5,6)35-17-25(3,4)16-27-20(30)11-14-29-21(31)7-8-22(29)32/h7-8,18-19H,9-17H2,1-6H3,(H,27,30). The van der Waals surface area contributed by atoms with Gasteiger partial charge in [-0.2, -0.15) is 0 Å². The van der Waals surface area contributed by atoms with Crippen LogP contribution in [0, 0.1) is 17.3 Å². The number of imide groups is 1. The van der Waals surface area contributed by atoms with Gasteiger partial charge >= 0.3 is 0 Å². The number of carbonyl (C=O) groups excluding carboxylic acids is 5. The lowest BCUT2D eigenvalue weighted by atomic mass is 9.87. The molecule has 2 aliphatic rings. The molecule has 9 heteroatoms. The SMILES string of the molecule is CC(C)C(=O)C1CCN(C(=O)CC(C)(C)OCC(C)(C)CNC(=O)CCN2C(=O)C=CC2=O)CC1. The highest BCUT2D eigenvalue weighted by molar-refractivity contribution is 6.13. The van der Waals surface area contributed by atoms with Crippen molar-refractivity contribution in [2.45, 2.75) is 72.8 Å². The van der Waals surface area contributed by atoms with Gasteiger partial charge in [0.15, 0.2) is 0 Å². The molecule has 0 radical (unpaired) electrons. The van der Waals surface area contributed by atoms with E-state index in [1.165, 1.54) is 12.2 Å².